The molecule has 6 nitrogen and oxygen atoms in total. The Morgan fingerprint density at radius 1 is 1.52 bits per heavy atom. The molecule has 1 atom stereocenters. The summed E-state index contributed by atoms with van der Waals surface area (Å²) in [7, 11) is 0. The molecule has 0 spiro atoms. The molecule has 1 unspecified atom stereocenters. The van der Waals surface area contributed by atoms with Gasteiger partial charge in [-0.2, -0.15) is 0 Å². The maximum atomic E-state index is 12.5. The quantitative estimate of drug-likeness (QED) is 0.849. The Morgan fingerprint density at radius 3 is 3.05 bits per heavy atom. The van der Waals surface area contributed by atoms with E-state index < -0.39 is 5.97 Å². The third-order valence-electron chi connectivity index (χ3n) is 3.38. The van der Waals surface area contributed by atoms with E-state index in [4.69, 9.17) is 9.84 Å². The number of ether oxygens (including phenoxy) is 1. The first-order valence-electron chi connectivity index (χ1n) is 6.86. The van der Waals surface area contributed by atoms with Gasteiger partial charge in [-0.25, -0.2) is 4.79 Å². The summed E-state index contributed by atoms with van der Waals surface area (Å²) in [6.45, 7) is 3.67. The van der Waals surface area contributed by atoms with Gasteiger partial charge in [-0.05, 0) is 24.1 Å². The summed E-state index contributed by atoms with van der Waals surface area (Å²) in [5, 5.41) is 8.63. The van der Waals surface area contributed by atoms with E-state index in [0.717, 1.165) is 12.5 Å². The molecule has 6 heteroatoms. The Kier molecular flexibility index (Phi) is 5.05. The van der Waals surface area contributed by atoms with E-state index in [2.05, 4.69) is 4.98 Å². The minimum atomic E-state index is -1.04. The molecule has 1 N–H and O–H groups in total. The highest BCUT2D eigenvalue weighted by Gasteiger charge is 2.26. The number of pyridine rings is 1. The zero-order chi connectivity index (χ0) is 15.2. The van der Waals surface area contributed by atoms with Gasteiger partial charge in [0.1, 0.15) is 0 Å². The Morgan fingerprint density at radius 2 is 2.33 bits per heavy atom. The van der Waals surface area contributed by atoms with Gasteiger partial charge in [0.25, 0.3) is 5.91 Å². The highest BCUT2D eigenvalue weighted by atomic mass is 16.5. The Labute approximate surface area is 123 Å². The van der Waals surface area contributed by atoms with Crippen molar-refractivity contribution in [2.45, 2.75) is 19.4 Å². The normalized spacial score (nSPS) is 18.9. The Hall–Kier alpha value is -2.21. The topological polar surface area (TPSA) is 79.7 Å². The number of carbonyl (C=O) groups excluding carboxylic acids is 1. The summed E-state index contributed by atoms with van der Waals surface area (Å²) in [5.74, 6) is -1.13. The predicted molar refractivity (Wildman–Crippen MR) is 76.8 cm³/mol. The highest BCUT2D eigenvalue weighted by molar-refractivity contribution is 5.95. The molecule has 0 aromatic carbocycles. The maximum absolute atomic E-state index is 12.5. The van der Waals surface area contributed by atoms with Crippen LogP contribution in [0.5, 0.6) is 0 Å². The summed E-state index contributed by atoms with van der Waals surface area (Å²) in [6.07, 6.45) is 6.30. The average Bonchev–Trinajstić information content (AvgIpc) is 2.52. The van der Waals surface area contributed by atoms with Crippen molar-refractivity contribution in [3.8, 4) is 0 Å². The fourth-order valence-electron chi connectivity index (χ4n) is 2.26. The van der Waals surface area contributed by atoms with Gasteiger partial charge >= 0.3 is 5.97 Å². The number of aliphatic carboxylic acids is 1. The van der Waals surface area contributed by atoms with Crippen LogP contribution < -0.4 is 0 Å². The van der Waals surface area contributed by atoms with Gasteiger partial charge in [-0.3, -0.25) is 9.78 Å². The van der Waals surface area contributed by atoms with Crippen molar-refractivity contribution < 1.29 is 19.4 Å². The van der Waals surface area contributed by atoms with Crippen LogP contribution in [0.3, 0.4) is 0 Å². The number of rotatable bonds is 4. The first kappa shape index (κ1) is 15.2. The van der Waals surface area contributed by atoms with Crippen LogP contribution in [0.4, 0.5) is 0 Å². The van der Waals surface area contributed by atoms with Crippen LogP contribution in [0.15, 0.2) is 24.5 Å². The van der Waals surface area contributed by atoms with Crippen LogP contribution in [0.2, 0.25) is 0 Å². The molecule has 0 bridgehead atoms. The standard InChI is InChI=1S/C15H18N2O4/c1-2-13-10-21-6-5-17(13)15(20)12-7-11(8-16-9-12)3-4-14(18)19/h3-4,7-9,13H,2,5-6,10H2,1H3,(H,18,19). The molecular formula is C15H18N2O4. The van der Waals surface area contributed by atoms with Crippen molar-refractivity contribution in [3.05, 3.63) is 35.7 Å². The van der Waals surface area contributed by atoms with Crippen molar-refractivity contribution in [1.82, 2.24) is 9.88 Å². The van der Waals surface area contributed by atoms with Gasteiger partial charge in [0, 0.05) is 25.0 Å². The SMILES string of the molecule is CCC1COCCN1C(=O)c1cncc(C=CC(=O)O)c1. The van der Waals surface area contributed by atoms with Gasteiger partial charge in [0.05, 0.1) is 24.8 Å². The molecule has 1 fully saturated rings. The summed E-state index contributed by atoms with van der Waals surface area (Å²) >= 11 is 0. The van der Waals surface area contributed by atoms with Gasteiger partial charge in [0.15, 0.2) is 0 Å². The molecule has 1 saturated heterocycles. The van der Waals surface area contributed by atoms with E-state index in [9.17, 15) is 9.59 Å². The molecule has 1 aliphatic rings. The van der Waals surface area contributed by atoms with Gasteiger partial charge < -0.3 is 14.7 Å². The lowest BCUT2D eigenvalue weighted by atomic mass is 10.1. The van der Waals surface area contributed by atoms with Crippen LogP contribution >= 0.6 is 0 Å². The number of nitrogens with zero attached hydrogens (tertiary/aromatic N) is 2. The number of amides is 1. The Bertz CT molecular complexity index is 556. The van der Waals surface area contributed by atoms with Gasteiger partial charge in [0.2, 0.25) is 0 Å². The average molecular weight is 290 g/mol. The minimum Gasteiger partial charge on any atom is -0.478 e. The van der Waals surface area contributed by atoms with Crippen molar-refractivity contribution in [2.75, 3.05) is 19.8 Å². The van der Waals surface area contributed by atoms with E-state index in [1.807, 2.05) is 6.92 Å². The van der Waals surface area contributed by atoms with Crippen molar-refractivity contribution >= 4 is 18.0 Å². The fraction of sp³-hybridized carbons (Fsp3) is 0.400. The molecule has 0 aliphatic carbocycles. The number of hydrogen-bond donors (Lipinski definition) is 1. The summed E-state index contributed by atoms with van der Waals surface area (Å²) in [6, 6.07) is 1.72. The van der Waals surface area contributed by atoms with Crippen molar-refractivity contribution in [1.29, 1.82) is 0 Å². The molecule has 1 amide bonds. The summed E-state index contributed by atoms with van der Waals surface area (Å²) < 4.78 is 5.39. The lowest BCUT2D eigenvalue weighted by molar-refractivity contribution is -0.131. The number of hydrogen-bond acceptors (Lipinski definition) is 4. The number of carbonyl (C=O) groups is 2. The van der Waals surface area contributed by atoms with Gasteiger partial charge in [-0.1, -0.05) is 6.92 Å². The first-order valence-corrected chi connectivity index (χ1v) is 6.86. The van der Waals surface area contributed by atoms with Crippen LogP contribution in [-0.4, -0.2) is 52.7 Å². The number of aromatic nitrogens is 1. The fourth-order valence-corrected chi connectivity index (χ4v) is 2.26. The lowest BCUT2D eigenvalue weighted by Crippen LogP contribution is -2.48. The maximum Gasteiger partial charge on any atom is 0.328 e. The molecule has 112 valence electrons. The van der Waals surface area contributed by atoms with Crippen molar-refractivity contribution in [2.24, 2.45) is 0 Å². The smallest absolute Gasteiger partial charge is 0.328 e. The van der Waals surface area contributed by atoms with E-state index in [0.29, 0.717) is 30.9 Å². The zero-order valence-corrected chi connectivity index (χ0v) is 11.9. The summed E-state index contributed by atoms with van der Waals surface area (Å²) in [5.41, 5.74) is 1.05. The lowest BCUT2D eigenvalue weighted by Gasteiger charge is -2.35. The second kappa shape index (κ2) is 6.99. The predicted octanol–water partition coefficient (Wildman–Crippen LogP) is 1.43. The van der Waals surface area contributed by atoms with Crippen molar-refractivity contribution in [3.63, 3.8) is 0 Å². The molecule has 2 rings (SSSR count). The van der Waals surface area contributed by atoms with E-state index in [1.165, 1.54) is 18.5 Å². The third kappa shape index (κ3) is 3.88. The molecule has 1 aromatic rings. The molecule has 1 aliphatic heterocycles. The van der Waals surface area contributed by atoms with E-state index in [-0.39, 0.29) is 11.9 Å². The third-order valence-corrected chi connectivity index (χ3v) is 3.38. The number of carboxylic acids is 1. The van der Waals surface area contributed by atoms with Crippen LogP contribution in [-0.2, 0) is 9.53 Å². The molecule has 0 radical (unpaired) electrons. The number of morpholine rings is 1. The zero-order valence-electron chi connectivity index (χ0n) is 11.9. The molecular weight excluding hydrogens is 272 g/mol. The van der Waals surface area contributed by atoms with E-state index >= 15 is 0 Å². The molecule has 21 heavy (non-hydrogen) atoms. The second-order valence-corrected chi connectivity index (χ2v) is 4.81. The summed E-state index contributed by atoms with van der Waals surface area (Å²) in [4.78, 5) is 28.9. The number of carboxylic acid groups (broad SMARTS) is 1. The van der Waals surface area contributed by atoms with Crippen LogP contribution in [0, 0.1) is 0 Å². The van der Waals surface area contributed by atoms with E-state index in [1.54, 1.807) is 11.0 Å². The first-order chi connectivity index (χ1) is 10.1. The highest BCUT2D eigenvalue weighted by Crippen LogP contribution is 2.15. The molecule has 2 heterocycles. The monoisotopic (exact) mass is 290 g/mol. The molecule has 1 aromatic heterocycles. The van der Waals surface area contributed by atoms with Crippen LogP contribution in [0.25, 0.3) is 6.08 Å². The minimum absolute atomic E-state index is 0.0736. The molecule has 0 saturated carbocycles. The second-order valence-electron chi connectivity index (χ2n) is 4.81. The van der Waals surface area contributed by atoms with Crippen LogP contribution in [0.1, 0.15) is 29.3 Å². The largest absolute Gasteiger partial charge is 0.478 e. The van der Waals surface area contributed by atoms with Gasteiger partial charge in [-0.15, -0.1) is 0 Å². The Balaban J connectivity index is 2.18.